The third-order valence-electron chi connectivity index (χ3n) is 3.67. The number of hydrogen-bond donors (Lipinski definition) is 2. The number of nitrogens with zero attached hydrogens (tertiary/aromatic N) is 5. The molecule has 0 bridgehead atoms. The van der Waals surface area contributed by atoms with Crippen molar-refractivity contribution in [2.45, 2.75) is 19.9 Å². The maximum absolute atomic E-state index is 12.6. The quantitative estimate of drug-likeness (QED) is 0.424. The number of imidazole rings is 1. The van der Waals surface area contributed by atoms with Crippen LogP contribution in [0.4, 0.5) is 14.6 Å². The van der Waals surface area contributed by atoms with E-state index in [1.807, 2.05) is 0 Å². The minimum absolute atomic E-state index is 0.0819. The topological polar surface area (TPSA) is 137 Å². The number of fused-ring (bicyclic) bond motifs is 1. The van der Waals surface area contributed by atoms with Crippen molar-refractivity contribution < 1.29 is 21.9 Å². The number of nitrogens with one attached hydrogen (secondary N) is 2. The van der Waals surface area contributed by atoms with E-state index in [1.54, 1.807) is 10.6 Å². The van der Waals surface area contributed by atoms with Crippen LogP contribution in [0.25, 0.3) is 5.65 Å². The van der Waals surface area contributed by atoms with Gasteiger partial charge < -0.3 is 9.14 Å². The van der Waals surface area contributed by atoms with E-state index in [2.05, 4.69) is 19.7 Å². The molecule has 0 saturated carbocycles. The van der Waals surface area contributed by atoms with Gasteiger partial charge in [-0.05, 0) is 6.92 Å². The predicted octanol–water partition coefficient (Wildman–Crippen LogP) is 2.13. The molecule has 3 rings (SSSR count). The summed E-state index contributed by atoms with van der Waals surface area (Å²) in [6, 6.07) is 0. The Balaban J connectivity index is 1.87. The number of ether oxygens (including phenoxy) is 1. The number of hydrogen-bond acceptors (Lipinski definition) is 9. The van der Waals surface area contributed by atoms with Crippen LogP contribution in [0.15, 0.2) is 31.0 Å². The lowest BCUT2D eigenvalue weighted by Gasteiger charge is -2.19. The van der Waals surface area contributed by atoms with E-state index in [1.165, 1.54) is 31.7 Å². The van der Waals surface area contributed by atoms with Crippen LogP contribution in [-0.4, -0.2) is 51.7 Å². The van der Waals surface area contributed by atoms with Crippen LogP contribution in [0.1, 0.15) is 16.8 Å². The zero-order chi connectivity index (χ0) is 21.2. The van der Waals surface area contributed by atoms with Crippen molar-refractivity contribution in [3.63, 3.8) is 0 Å². The molecule has 0 amide bonds. The van der Waals surface area contributed by atoms with Gasteiger partial charge in [0.2, 0.25) is 15.9 Å². The SMILES string of the molecule is CCS(=O)(=O)N(Cc1ncc(C(=N)OC(=N)C(F)F)s1)c1cn2ccncc2n1. The molecule has 0 radical (unpaired) electrons. The van der Waals surface area contributed by atoms with Crippen molar-refractivity contribution in [1.29, 1.82) is 10.8 Å². The summed E-state index contributed by atoms with van der Waals surface area (Å²) in [6.45, 7) is 1.32. The van der Waals surface area contributed by atoms with Crippen molar-refractivity contribution in [1.82, 2.24) is 19.4 Å². The van der Waals surface area contributed by atoms with Crippen molar-refractivity contribution in [3.05, 3.63) is 40.9 Å². The first-order chi connectivity index (χ1) is 13.7. The first-order valence-corrected chi connectivity index (χ1v) is 10.5. The van der Waals surface area contributed by atoms with Crippen molar-refractivity contribution in [2.24, 2.45) is 0 Å². The summed E-state index contributed by atoms with van der Waals surface area (Å²) in [5.74, 6) is -2.02. The zero-order valence-corrected chi connectivity index (χ0v) is 16.5. The fourth-order valence-electron chi connectivity index (χ4n) is 2.24. The second-order valence-corrected chi connectivity index (χ2v) is 8.86. The molecule has 2 N–H and O–H groups in total. The molecule has 0 saturated heterocycles. The Labute approximate surface area is 167 Å². The molecule has 3 heterocycles. The molecular weight excluding hydrogens is 428 g/mol. The number of aromatic nitrogens is 4. The van der Waals surface area contributed by atoms with Gasteiger partial charge in [0, 0.05) is 12.4 Å². The highest BCUT2D eigenvalue weighted by Gasteiger charge is 2.25. The highest BCUT2D eigenvalue weighted by Crippen LogP contribution is 2.24. The van der Waals surface area contributed by atoms with Crippen LogP contribution in [-0.2, 0) is 21.3 Å². The summed E-state index contributed by atoms with van der Waals surface area (Å²) in [7, 11) is -3.71. The third kappa shape index (κ3) is 4.54. The molecule has 154 valence electrons. The maximum atomic E-state index is 12.6. The van der Waals surface area contributed by atoms with E-state index in [9.17, 15) is 17.2 Å². The minimum atomic E-state index is -3.71. The second-order valence-electron chi connectivity index (χ2n) is 5.56. The molecule has 0 aliphatic rings. The molecule has 29 heavy (non-hydrogen) atoms. The molecule has 0 spiro atoms. The Hall–Kier alpha value is -3.00. The lowest BCUT2D eigenvalue weighted by Crippen LogP contribution is -2.32. The average Bonchev–Trinajstić information content (AvgIpc) is 3.32. The molecule has 3 aromatic rings. The molecule has 3 aromatic heterocycles. The molecule has 10 nitrogen and oxygen atoms in total. The van der Waals surface area contributed by atoms with Gasteiger partial charge in [-0.25, -0.2) is 22.7 Å². The minimum Gasteiger partial charge on any atom is -0.418 e. The van der Waals surface area contributed by atoms with E-state index in [-0.39, 0.29) is 23.0 Å². The normalized spacial score (nSPS) is 11.7. The van der Waals surface area contributed by atoms with Crippen LogP contribution in [0, 0.1) is 10.8 Å². The summed E-state index contributed by atoms with van der Waals surface area (Å²) in [5, 5.41) is 14.9. The fourth-order valence-corrected chi connectivity index (χ4v) is 4.12. The predicted molar refractivity (Wildman–Crippen MR) is 102 cm³/mol. The van der Waals surface area contributed by atoms with E-state index in [0.717, 1.165) is 15.6 Å². The molecular formula is C15H15F2N7O3S2. The van der Waals surface area contributed by atoms with Gasteiger partial charge in [-0.1, -0.05) is 0 Å². The Morgan fingerprint density at radius 3 is 2.79 bits per heavy atom. The Bertz CT molecular complexity index is 1130. The van der Waals surface area contributed by atoms with Crippen molar-refractivity contribution in [3.8, 4) is 0 Å². The first-order valence-electron chi connectivity index (χ1n) is 8.08. The monoisotopic (exact) mass is 443 g/mol. The van der Waals surface area contributed by atoms with Gasteiger partial charge in [-0.15, -0.1) is 11.3 Å². The van der Waals surface area contributed by atoms with E-state index < -0.39 is 28.2 Å². The van der Waals surface area contributed by atoms with Crippen LogP contribution in [0.3, 0.4) is 0 Å². The van der Waals surface area contributed by atoms with Gasteiger partial charge in [0.1, 0.15) is 9.88 Å². The molecule has 14 heteroatoms. The lowest BCUT2D eigenvalue weighted by atomic mass is 10.5. The number of halogens is 2. The van der Waals surface area contributed by atoms with Gasteiger partial charge in [-0.2, -0.15) is 8.78 Å². The number of rotatable bonds is 7. The standard InChI is InChI=1S/C15H15F2N7O3S2/c1-2-29(25,26)24(11-7-23-4-3-20-6-10(23)22-11)8-12-21-5-9(28-12)14(18)27-15(19)13(16)17/h3-7,13,18-19H,2,8H2,1H3. The van der Waals surface area contributed by atoms with Gasteiger partial charge >= 0.3 is 6.43 Å². The Morgan fingerprint density at radius 1 is 1.38 bits per heavy atom. The zero-order valence-electron chi connectivity index (χ0n) is 14.9. The number of sulfonamides is 1. The lowest BCUT2D eigenvalue weighted by molar-refractivity contribution is 0.197. The molecule has 0 aliphatic heterocycles. The first kappa shape index (κ1) is 20.7. The third-order valence-corrected chi connectivity index (χ3v) is 6.37. The van der Waals surface area contributed by atoms with E-state index in [4.69, 9.17) is 10.8 Å². The summed E-state index contributed by atoms with van der Waals surface area (Å²) in [4.78, 5) is 12.3. The van der Waals surface area contributed by atoms with Crippen LogP contribution >= 0.6 is 11.3 Å². The summed E-state index contributed by atoms with van der Waals surface area (Å²) >= 11 is 0.896. The average molecular weight is 443 g/mol. The van der Waals surface area contributed by atoms with Crippen LogP contribution < -0.4 is 4.31 Å². The smallest absolute Gasteiger partial charge is 0.312 e. The second kappa shape index (κ2) is 8.16. The van der Waals surface area contributed by atoms with Gasteiger partial charge in [-0.3, -0.25) is 15.8 Å². The Kier molecular flexibility index (Phi) is 5.83. The summed E-state index contributed by atoms with van der Waals surface area (Å²) in [6.07, 6.45) is 4.24. The summed E-state index contributed by atoms with van der Waals surface area (Å²) < 4.78 is 57.1. The number of anilines is 1. The summed E-state index contributed by atoms with van der Waals surface area (Å²) in [5.41, 5.74) is 0.458. The van der Waals surface area contributed by atoms with Crippen molar-refractivity contribution >= 4 is 44.6 Å². The van der Waals surface area contributed by atoms with E-state index in [0.29, 0.717) is 10.7 Å². The largest absolute Gasteiger partial charge is 0.418 e. The van der Waals surface area contributed by atoms with Gasteiger partial charge in [0.15, 0.2) is 11.5 Å². The van der Waals surface area contributed by atoms with Crippen LogP contribution in [0.2, 0.25) is 0 Å². The number of alkyl halides is 2. The van der Waals surface area contributed by atoms with Gasteiger partial charge in [0.25, 0.3) is 5.90 Å². The molecule has 0 unspecified atom stereocenters. The molecule has 0 aliphatic carbocycles. The molecule has 0 atom stereocenters. The Morgan fingerprint density at radius 2 is 2.14 bits per heavy atom. The van der Waals surface area contributed by atoms with Crippen molar-refractivity contribution in [2.75, 3.05) is 10.1 Å². The maximum Gasteiger partial charge on any atom is 0.312 e. The molecule has 0 fully saturated rings. The highest BCUT2D eigenvalue weighted by molar-refractivity contribution is 7.92. The van der Waals surface area contributed by atoms with E-state index >= 15 is 0 Å². The van der Waals surface area contributed by atoms with Gasteiger partial charge in [0.05, 0.1) is 30.9 Å². The number of thiazole rings is 1. The highest BCUT2D eigenvalue weighted by atomic mass is 32.2. The fraction of sp³-hybridized carbons (Fsp3) is 0.267. The van der Waals surface area contributed by atoms with Crippen LogP contribution in [0.5, 0.6) is 0 Å². The molecule has 0 aromatic carbocycles.